The first-order chi connectivity index (χ1) is 16.1. The predicted molar refractivity (Wildman–Crippen MR) is 155 cm³/mol. The quantitative estimate of drug-likeness (QED) is 0.204. The molecule has 0 aromatic heterocycles. The van der Waals surface area contributed by atoms with Gasteiger partial charge in [-0.1, -0.05) is 128 Å². The van der Waals surface area contributed by atoms with Gasteiger partial charge in [-0.3, -0.25) is 0 Å². The van der Waals surface area contributed by atoms with Gasteiger partial charge in [-0.05, 0) is 67.3 Å². The minimum atomic E-state index is -0.301. The zero-order valence-electron chi connectivity index (χ0n) is 19.8. The molecule has 4 aromatic rings. The van der Waals surface area contributed by atoms with Crippen LogP contribution in [0.5, 0.6) is 0 Å². The Balaban J connectivity index is 1.47. The maximum atomic E-state index is 2.53. The lowest BCUT2D eigenvalue weighted by Crippen LogP contribution is -2.20. The Kier molecular flexibility index (Phi) is 8.68. The molecule has 0 aliphatic carbocycles. The summed E-state index contributed by atoms with van der Waals surface area (Å²) in [6.07, 6.45) is 5.17. The van der Waals surface area contributed by atoms with Crippen molar-refractivity contribution < 1.29 is 0 Å². The molecule has 0 spiro atoms. The van der Waals surface area contributed by atoms with E-state index in [-0.39, 0.29) is 15.8 Å². The lowest BCUT2D eigenvalue weighted by Gasteiger charge is -2.30. The van der Waals surface area contributed by atoms with Crippen molar-refractivity contribution >= 4 is 47.3 Å². The third-order valence-electron chi connectivity index (χ3n) is 6.30. The van der Waals surface area contributed by atoms with Gasteiger partial charge in [-0.15, -0.1) is 0 Å². The molecule has 33 heavy (non-hydrogen) atoms. The molecular weight excluding hydrogens is 450 g/mol. The average Bonchev–Trinajstić information content (AvgIpc) is 2.87. The Bertz CT molecular complexity index is 915. The third-order valence-corrected chi connectivity index (χ3v) is 12.3. The van der Waals surface area contributed by atoms with E-state index in [0.29, 0.717) is 5.04 Å². The lowest BCUT2D eigenvalue weighted by atomic mass is 10.1. The Hall–Kier alpha value is -2.04. The molecule has 0 atom stereocenters. The number of rotatable bonds is 10. The standard InChI is InChI=1S/C30H34P2Si/c1-30(33,22-24-31(26-14-6-2-7-15-26)27-16-8-3-9-17-27)23-25-32(28-18-10-4-11-19-28)29-20-12-5-13-21-29/h2-21H,22-25H2,1,33H3. The zero-order chi connectivity index (χ0) is 22.9. The summed E-state index contributed by atoms with van der Waals surface area (Å²) < 4.78 is 0. The summed E-state index contributed by atoms with van der Waals surface area (Å²) in [7, 11) is 0.627. The first-order valence-electron chi connectivity index (χ1n) is 11.9. The third kappa shape index (κ3) is 6.97. The predicted octanol–water partition coefficient (Wildman–Crippen LogP) is 5.58. The normalized spacial score (nSPS) is 11.8. The summed E-state index contributed by atoms with van der Waals surface area (Å²) in [5, 5.41) is 6.48. The minimum absolute atomic E-state index is 0.301. The molecule has 0 nitrogen and oxygen atoms in total. The molecule has 0 saturated carbocycles. The van der Waals surface area contributed by atoms with Crippen LogP contribution < -0.4 is 21.2 Å². The van der Waals surface area contributed by atoms with Crippen LogP contribution >= 0.6 is 15.8 Å². The number of hydrogen-bond donors (Lipinski definition) is 0. The topological polar surface area (TPSA) is 0 Å². The van der Waals surface area contributed by atoms with Gasteiger partial charge in [-0.2, -0.15) is 0 Å². The molecule has 168 valence electrons. The van der Waals surface area contributed by atoms with Gasteiger partial charge in [-0.25, -0.2) is 0 Å². The fourth-order valence-electron chi connectivity index (χ4n) is 4.20. The van der Waals surface area contributed by atoms with E-state index >= 15 is 0 Å². The number of hydrogen-bond acceptors (Lipinski definition) is 0. The van der Waals surface area contributed by atoms with Crippen LogP contribution in [0.4, 0.5) is 0 Å². The van der Waals surface area contributed by atoms with Crippen molar-refractivity contribution in [2.24, 2.45) is 0 Å². The molecule has 0 radical (unpaired) electrons. The van der Waals surface area contributed by atoms with Gasteiger partial charge in [0.25, 0.3) is 0 Å². The highest BCUT2D eigenvalue weighted by Crippen LogP contribution is 2.44. The SMILES string of the molecule is CC([SiH3])(CCP(c1ccccc1)c1ccccc1)CCP(c1ccccc1)c1ccccc1. The van der Waals surface area contributed by atoms with Crippen molar-refractivity contribution in [3.63, 3.8) is 0 Å². The molecular formula is C30H34P2Si. The second-order valence-corrected chi connectivity index (χ2v) is 16.4. The highest BCUT2D eigenvalue weighted by Gasteiger charge is 2.24. The van der Waals surface area contributed by atoms with Crippen molar-refractivity contribution in [2.75, 3.05) is 12.3 Å². The second-order valence-electron chi connectivity index (χ2n) is 9.31. The van der Waals surface area contributed by atoms with Gasteiger partial charge < -0.3 is 0 Å². The molecule has 0 fully saturated rings. The van der Waals surface area contributed by atoms with Crippen LogP contribution in [-0.2, 0) is 0 Å². The molecule has 0 heterocycles. The maximum absolute atomic E-state index is 2.53. The van der Waals surface area contributed by atoms with Gasteiger partial charge in [0.1, 0.15) is 0 Å². The maximum Gasteiger partial charge on any atom is 0.0103 e. The van der Waals surface area contributed by atoms with Crippen molar-refractivity contribution in [2.45, 2.75) is 24.8 Å². The van der Waals surface area contributed by atoms with Gasteiger partial charge in [0.15, 0.2) is 0 Å². The molecule has 0 N–H and O–H groups in total. The Morgan fingerprint density at radius 1 is 0.485 bits per heavy atom. The van der Waals surface area contributed by atoms with Crippen LogP contribution in [0.15, 0.2) is 121 Å². The molecule has 0 aliphatic heterocycles. The van der Waals surface area contributed by atoms with E-state index in [1.165, 1.54) is 56.6 Å². The fraction of sp³-hybridized carbons (Fsp3) is 0.200. The van der Waals surface area contributed by atoms with Crippen LogP contribution in [0.25, 0.3) is 0 Å². The zero-order valence-corrected chi connectivity index (χ0v) is 23.6. The van der Waals surface area contributed by atoms with E-state index in [2.05, 4.69) is 128 Å². The van der Waals surface area contributed by atoms with E-state index in [9.17, 15) is 0 Å². The van der Waals surface area contributed by atoms with Crippen LogP contribution in [0.1, 0.15) is 19.8 Å². The van der Waals surface area contributed by atoms with Gasteiger partial charge >= 0.3 is 0 Å². The van der Waals surface area contributed by atoms with Crippen molar-refractivity contribution in [3.8, 4) is 0 Å². The summed E-state index contributed by atoms with van der Waals surface area (Å²) in [5.41, 5.74) is 0. The summed E-state index contributed by atoms with van der Waals surface area (Å²) in [6.45, 7) is 2.53. The van der Waals surface area contributed by atoms with Crippen LogP contribution in [0, 0.1) is 0 Å². The first-order valence-corrected chi connectivity index (χ1v) is 15.9. The molecule has 0 amide bonds. The van der Waals surface area contributed by atoms with Crippen LogP contribution in [-0.4, -0.2) is 22.6 Å². The minimum Gasteiger partial charge on any atom is -0.0629 e. The fourth-order valence-corrected chi connectivity index (χ4v) is 11.0. The van der Waals surface area contributed by atoms with Crippen molar-refractivity contribution in [1.82, 2.24) is 0 Å². The molecule has 0 aliphatic rings. The lowest BCUT2D eigenvalue weighted by molar-refractivity contribution is 0.579. The van der Waals surface area contributed by atoms with Gasteiger partial charge in [0.2, 0.25) is 0 Å². The average molecular weight is 485 g/mol. The van der Waals surface area contributed by atoms with E-state index in [1.54, 1.807) is 0 Å². The molecule has 4 aromatic carbocycles. The molecule has 3 heteroatoms. The van der Waals surface area contributed by atoms with Crippen molar-refractivity contribution in [3.05, 3.63) is 121 Å². The van der Waals surface area contributed by atoms with E-state index in [1.807, 2.05) is 0 Å². The second kappa shape index (κ2) is 11.9. The summed E-state index contributed by atoms with van der Waals surface area (Å²) >= 11 is 0. The largest absolute Gasteiger partial charge is 0.0629 e. The Morgan fingerprint density at radius 2 is 0.727 bits per heavy atom. The molecule has 4 rings (SSSR count). The van der Waals surface area contributed by atoms with E-state index in [4.69, 9.17) is 0 Å². The first kappa shape index (κ1) is 24.1. The number of benzene rings is 4. The molecule has 0 bridgehead atoms. The van der Waals surface area contributed by atoms with E-state index < -0.39 is 0 Å². The summed E-state index contributed by atoms with van der Waals surface area (Å²) in [6, 6.07) is 44.7. The van der Waals surface area contributed by atoms with Crippen molar-refractivity contribution in [1.29, 1.82) is 0 Å². The van der Waals surface area contributed by atoms with Crippen LogP contribution in [0.3, 0.4) is 0 Å². The van der Waals surface area contributed by atoms with E-state index in [0.717, 1.165) is 0 Å². The Labute approximate surface area is 205 Å². The summed E-state index contributed by atoms with van der Waals surface area (Å²) in [5.74, 6) is 0. The van der Waals surface area contributed by atoms with Gasteiger partial charge in [0, 0.05) is 10.2 Å². The van der Waals surface area contributed by atoms with Gasteiger partial charge in [0.05, 0.1) is 0 Å². The van der Waals surface area contributed by atoms with Crippen LogP contribution in [0.2, 0.25) is 5.04 Å². The highest BCUT2D eigenvalue weighted by atomic mass is 31.1. The molecule has 0 unspecified atom stereocenters. The Morgan fingerprint density at radius 3 is 0.970 bits per heavy atom. The summed E-state index contributed by atoms with van der Waals surface area (Å²) in [4.78, 5) is 0. The highest BCUT2D eigenvalue weighted by molar-refractivity contribution is 7.73. The monoisotopic (exact) mass is 484 g/mol. The molecule has 0 saturated heterocycles. The smallest absolute Gasteiger partial charge is 0.0103 e.